The van der Waals surface area contributed by atoms with Crippen molar-refractivity contribution in [3.8, 4) is 0 Å². The number of primary amides is 1. The maximum Gasteiger partial charge on any atom is 0.408 e. The van der Waals surface area contributed by atoms with Crippen LogP contribution in [0.5, 0.6) is 0 Å². The van der Waals surface area contributed by atoms with Crippen molar-refractivity contribution < 1.29 is 33.4 Å². The van der Waals surface area contributed by atoms with E-state index in [1.165, 1.54) is 4.90 Å². The molecule has 0 saturated heterocycles. The molecule has 0 spiro atoms. The molecule has 2 aromatic rings. The molecule has 0 radical (unpaired) electrons. The molecular formula is C39H58N4O7. The van der Waals surface area contributed by atoms with Gasteiger partial charge in [0.2, 0.25) is 17.7 Å². The minimum absolute atomic E-state index is 0.103. The highest BCUT2D eigenvalue weighted by molar-refractivity contribution is 5.94. The molecule has 3 atom stereocenters. The zero-order valence-corrected chi connectivity index (χ0v) is 31.4. The topological polar surface area (TPSA) is 157 Å². The van der Waals surface area contributed by atoms with Crippen molar-refractivity contribution in [3.63, 3.8) is 0 Å². The van der Waals surface area contributed by atoms with E-state index in [1.54, 1.807) is 47.6 Å². The van der Waals surface area contributed by atoms with Crippen LogP contribution in [0, 0.1) is 13.8 Å². The van der Waals surface area contributed by atoms with Gasteiger partial charge < -0.3 is 30.7 Å². The van der Waals surface area contributed by atoms with Crippen LogP contribution in [0.2, 0.25) is 0 Å². The van der Waals surface area contributed by atoms with Crippen LogP contribution in [0.25, 0.3) is 0 Å². The summed E-state index contributed by atoms with van der Waals surface area (Å²) in [5, 5.41) is 5.55. The van der Waals surface area contributed by atoms with E-state index in [-0.39, 0.29) is 25.8 Å². The molecule has 11 heteroatoms. The number of benzene rings is 2. The Kier molecular flexibility index (Phi) is 16.0. The molecule has 0 heterocycles. The van der Waals surface area contributed by atoms with Crippen LogP contribution in [0.1, 0.15) is 115 Å². The summed E-state index contributed by atoms with van der Waals surface area (Å²) in [4.78, 5) is 69.1. The lowest BCUT2D eigenvalue weighted by Crippen LogP contribution is -2.55. The third kappa shape index (κ3) is 14.6. The Morgan fingerprint density at radius 3 is 2.00 bits per heavy atom. The van der Waals surface area contributed by atoms with Crippen LogP contribution < -0.4 is 16.4 Å². The first kappa shape index (κ1) is 41.8. The van der Waals surface area contributed by atoms with Gasteiger partial charge in [-0.1, -0.05) is 74.7 Å². The van der Waals surface area contributed by atoms with Crippen molar-refractivity contribution in [1.29, 1.82) is 0 Å². The van der Waals surface area contributed by atoms with E-state index < -0.39 is 59.1 Å². The number of alkyl carbamates (subject to hydrolysis) is 1. The first-order valence-corrected chi connectivity index (χ1v) is 17.5. The number of nitrogens with two attached hydrogens (primary N) is 1. The van der Waals surface area contributed by atoms with E-state index in [4.69, 9.17) is 15.2 Å². The summed E-state index contributed by atoms with van der Waals surface area (Å²) in [6.45, 7) is 16.5. The molecule has 0 fully saturated rings. The highest BCUT2D eigenvalue weighted by atomic mass is 16.6. The van der Waals surface area contributed by atoms with E-state index >= 15 is 0 Å². The van der Waals surface area contributed by atoms with Crippen LogP contribution >= 0.6 is 0 Å². The molecule has 4 N–H and O–H groups in total. The number of nitrogens with zero attached hydrogens (tertiary/aromatic N) is 1. The summed E-state index contributed by atoms with van der Waals surface area (Å²) in [7, 11) is 0. The van der Waals surface area contributed by atoms with Gasteiger partial charge in [0, 0.05) is 19.4 Å². The Bertz CT molecular complexity index is 1450. The van der Waals surface area contributed by atoms with Gasteiger partial charge in [0.25, 0.3) is 0 Å². The number of carbonyl (C=O) groups excluding carboxylic acids is 5. The zero-order valence-electron chi connectivity index (χ0n) is 31.4. The molecule has 0 aromatic heterocycles. The Balaban J connectivity index is 2.69. The number of hydrogen-bond acceptors (Lipinski definition) is 7. The minimum Gasteiger partial charge on any atom is -0.458 e. The minimum atomic E-state index is -1.23. The highest BCUT2D eigenvalue weighted by Crippen LogP contribution is 2.27. The van der Waals surface area contributed by atoms with Crippen molar-refractivity contribution in [2.24, 2.45) is 5.73 Å². The van der Waals surface area contributed by atoms with Gasteiger partial charge >= 0.3 is 12.1 Å². The molecule has 2 aromatic carbocycles. The van der Waals surface area contributed by atoms with Crippen molar-refractivity contribution in [2.75, 3.05) is 6.54 Å². The Hall–Kier alpha value is -4.41. The van der Waals surface area contributed by atoms with E-state index in [0.29, 0.717) is 12.0 Å². The summed E-state index contributed by atoms with van der Waals surface area (Å²) in [6.07, 6.45) is 2.26. The summed E-state index contributed by atoms with van der Waals surface area (Å²) >= 11 is 0. The monoisotopic (exact) mass is 694 g/mol. The standard InChI is InChI=1S/C39H58N4O7/c1-10-11-12-16-23-43(35(46)30(21-22-32(40)44)42-37(48)50-39(7,8)9)33(29-20-19-26(2)27(3)24-29)34(45)41-31(36(47)49-38(4,5)6)25-28-17-14-13-15-18-28/h13-15,17-20,24,30-31,33H,10-12,16,21-23,25H2,1-9H3,(H2,40,44)(H,41,45)(H,42,48). The number of nitrogens with one attached hydrogen (secondary N) is 2. The second-order valence-corrected chi connectivity index (χ2v) is 14.8. The van der Waals surface area contributed by atoms with E-state index in [1.807, 2.05) is 56.3 Å². The van der Waals surface area contributed by atoms with Gasteiger partial charge in [-0.05, 0) is 90.5 Å². The second-order valence-electron chi connectivity index (χ2n) is 14.8. The number of esters is 1. The van der Waals surface area contributed by atoms with Gasteiger partial charge in [0.1, 0.15) is 29.3 Å². The first-order valence-electron chi connectivity index (χ1n) is 17.5. The average Bonchev–Trinajstić information content (AvgIpc) is 3.00. The largest absolute Gasteiger partial charge is 0.458 e. The van der Waals surface area contributed by atoms with Gasteiger partial charge in [-0.3, -0.25) is 14.4 Å². The fraction of sp³-hybridized carbons (Fsp3) is 0.564. The van der Waals surface area contributed by atoms with Gasteiger partial charge in [-0.25, -0.2) is 9.59 Å². The van der Waals surface area contributed by atoms with Gasteiger partial charge in [0.15, 0.2) is 0 Å². The molecule has 0 saturated carbocycles. The number of hydrogen-bond donors (Lipinski definition) is 3. The average molecular weight is 695 g/mol. The third-order valence-corrected chi connectivity index (χ3v) is 7.90. The Labute approximate surface area is 298 Å². The zero-order chi connectivity index (χ0) is 37.6. The lowest BCUT2D eigenvalue weighted by atomic mass is 9.96. The second kappa shape index (κ2) is 19.1. The van der Waals surface area contributed by atoms with Crippen LogP contribution in [0.4, 0.5) is 4.79 Å². The maximum atomic E-state index is 14.6. The molecular weight excluding hydrogens is 636 g/mol. The van der Waals surface area contributed by atoms with E-state index in [0.717, 1.165) is 36.0 Å². The molecule has 3 unspecified atom stereocenters. The number of carbonyl (C=O) groups is 5. The molecule has 0 aliphatic rings. The van der Waals surface area contributed by atoms with Crippen molar-refractivity contribution in [3.05, 3.63) is 70.8 Å². The smallest absolute Gasteiger partial charge is 0.408 e. The molecule has 276 valence electrons. The number of amides is 4. The Morgan fingerprint density at radius 2 is 1.44 bits per heavy atom. The van der Waals surface area contributed by atoms with Crippen molar-refractivity contribution in [1.82, 2.24) is 15.5 Å². The van der Waals surface area contributed by atoms with Crippen LogP contribution in [0.15, 0.2) is 48.5 Å². The van der Waals surface area contributed by atoms with Crippen LogP contribution in [-0.4, -0.2) is 64.5 Å². The normalized spacial score (nSPS) is 13.4. The summed E-state index contributed by atoms with van der Waals surface area (Å²) in [5.74, 6) is -2.42. The number of unbranched alkanes of at least 4 members (excludes halogenated alkanes) is 3. The highest BCUT2D eigenvalue weighted by Gasteiger charge is 2.38. The van der Waals surface area contributed by atoms with Gasteiger partial charge in [-0.2, -0.15) is 0 Å². The quantitative estimate of drug-likeness (QED) is 0.136. The molecule has 4 amide bonds. The summed E-state index contributed by atoms with van der Waals surface area (Å²) in [6, 6.07) is 11.3. The van der Waals surface area contributed by atoms with Crippen molar-refractivity contribution in [2.45, 2.75) is 137 Å². The molecule has 50 heavy (non-hydrogen) atoms. The summed E-state index contributed by atoms with van der Waals surface area (Å²) in [5.41, 5.74) is 7.05. The lowest BCUT2D eigenvalue weighted by Gasteiger charge is -2.35. The molecule has 2 rings (SSSR count). The van der Waals surface area contributed by atoms with Gasteiger partial charge in [0.05, 0.1) is 0 Å². The van der Waals surface area contributed by atoms with E-state index in [2.05, 4.69) is 17.6 Å². The lowest BCUT2D eigenvalue weighted by molar-refractivity contribution is -0.159. The van der Waals surface area contributed by atoms with Crippen LogP contribution in [0.3, 0.4) is 0 Å². The van der Waals surface area contributed by atoms with Crippen molar-refractivity contribution >= 4 is 29.8 Å². The number of rotatable bonds is 17. The third-order valence-electron chi connectivity index (χ3n) is 7.90. The predicted octanol–water partition coefficient (Wildman–Crippen LogP) is 5.98. The maximum absolute atomic E-state index is 14.6. The molecule has 11 nitrogen and oxygen atoms in total. The molecule has 0 aliphatic heterocycles. The molecule has 0 aliphatic carbocycles. The van der Waals surface area contributed by atoms with Crippen LogP contribution in [-0.2, 0) is 35.1 Å². The SMILES string of the molecule is CCCCCCN(C(=O)C(CCC(N)=O)NC(=O)OC(C)(C)C)C(C(=O)NC(Cc1ccccc1)C(=O)OC(C)(C)C)c1ccc(C)c(C)c1. The Morgan fingerprint density at radius 1 is 0.800 bits per heavy atom. The van der Waals surface area contributed by atoms with Gasteiger partial charge in [-0.15, -0.1) is 0 Å². The fourth-order valence-electron chi connectivity index (χ4n) is 5.34. The fourth-order valence-corrected chi connectivity index (χ4v) is 5.34. The summed E-state index contributed by atoms with van der Waals surface area (Å²) < 4.78 is 11.2. The predicted molar refractivity (Wildman–Crippen MR) is 194 cm³/mol. The number of ether oxygens (including phenoxy) is 2. The first-order chi connectivity index (χ1) is 23.3. The van der Waals surface area contributed by atoms with E-state index in [9.17, 15) is 24.0 Å². The molecule has 0 bridgehead atoms. The number of aryl methyl sites for hydroxylation is 2.